The van der Waals surface area contributed by atoms with Crippen LogP contribution in [0.15, 0.2) is 47.4 Å². The van der Waals surface area contributed by atoms with E-state index in [0.717, 1.165) is 5.56 Å². The highest BCUT2D eigenvalue weighted by molar-refractivity contribution is 7.92. The van der Waals surface area contributed by atoms with Crippen LogP contribution in [0.3, 0.4) is 0 Å². The first-order valence-corrected chi connectivity index (χ1v) is 7.44. The second-order valence-electron chi connectivity index (χ2n) is 4.38. The molecule has 3 N–H and O–H groups in total. The summed E-state index contributed by atoms with van der Waals surface area (Å²) in [4.78, 5) is 0.0684. The second-order valence-corrected chi connectivity index (χ2v) is 6.03. The van der Waals surface area contributed by atoms with Crippen LogP contribution in [0.2, 0.25) is 0 Å². The topological polar surface area (TPSA) is 81.4 Å². The molecule has 0 amide bonds. The van der Waals surface area contributed by atoms with Gasteiger partial charge in [0.1, 0.15) is 10.6 Å². The molecule has 0 spiro atoms. The van der Waals surface area contributed by atoms with Crippen molar-refractivity contribution in [2.24, 2.45) is 0 Å². The molecule has 0 atom stereocenters. The fraction of sp³-hybridized carbons (Fsp3) is 0.143. The quantitative estimate of drug-likeness (QED) is 0.848. The fourth-order valence-corrected chi connectivity index (χ4v) is 2.95. The Morgan fingerprint density at radius 1 is 1.10 bits per heavy atom. The van der Waals surface area contributed by atoms with E-state index >= 15 is 0 Å². The number of anilines is 2. The molecular formula is C14H16N2O3S. The van der Waals surface area contributed by atoms with Crippen molar-refractivity contribution in [3.8, 4) is 5.75 Å². The highest BCUT2D eigenvalue weighted by Gasteiger charge is 2.17. The number of nitrogens with two attached hydrogens (primary N) is 1. The van der Waals surface area contributed by atoms with Crippen LogP contribution in [0.25, 0.3) is 0 Å². The summed E-state index contributed by atoms with van der Waals surface area (Å²) in [7, 11) is -2.15. The summed E-state index contributed by atoms with van der Waals surface area (Å²) in [6, 6.07) is 11.4. The summed E-state index contributed by atoms with van der Waals surface area (Å²) in [6.45, 7) is 1.85. The van der Waals surface area contributed by atoms with Crippen molar-refractivity contribution < 1.29 is 13.2 Å². The average molecular weight is 292 g/mol. The number of benzene rings is 2. The van der Waals surface area contributed by atoms with Gasteiger partial charge in [-0.05, 0) is 48.9 Å². The van der Waals surface area contributed by atoms with Gasteiger partial charge in [-0.25, -0.2) is 8.42 Å². The molecule has 0 fully saturated rings. The number of aryl methyl sites for hydroxylation is 1. The van der Waals surface area contributed by atoms with E-state index in [0.29, 0.717) is 11.4 Å². The van der Waals surface area contributed by atoms with Crippen molar-refractivity contribution in [3.63, 3.8) is 0 Å². The summed E-state index contributed by atoms with van der Waals surface area (Å²) in [5.74, 6) is 0.655. The minimum Gasteiger partial charge on any atom is -0.497 e. The Bertz CT molecular complexity index is 710. The van der Waals surface area contributed by atoms with E-state index < -0.39 is 10.0 Å². The van der Waals surface area contributed by atoms with Crippen molar-refractivity contribution in [2.45, 2.75) is 11.8 Å². The van der Waals surface area contributed by atoms with Gasteiger partial charge in [0, 0.05) is 5.69 Å². The summed E-state index contributed by atoms with van der Waals surface area (Å²) < 4.78 is 32.0. The van der Waals surface area contributed by atoms with Gasteiger partial charge in [0.05, 0.1) is 12.8 Å². The maximum atomic E-state index is 12.3. The maximum Gasteiger partial charge on any atom is 0.263 e. The molecule has 0 aliphatic rings. The van der Waals surface area contributed by atoms with E-state index in [-0.39, 0.29) is 10.6 Å². The lowest BCUT2D eigenvalue weighted by atomic mass is 10.2. The number of nitrogen functional groups attached to an aromatic ring is 1. The van der Waals surface area contributed by atoms with Crippen LogP contribution in [0.1, 0.15) is 5.56 Å². The molecule has 0 saturated carbocycles. The van der Waals surface area contributed by atoms with E-state index in [1.54, 1.807) is 43.5 Å². The van der Waals surface area contributed by atoms with Gasteiger partial charge in [0.15, 0.2) is 0 Å². The number of sulfonamides is 1. The van der Waals surface area contributed by atoms with Crippen molar-refractivity contribution >= 4 is 21.4 Å². The highest BCUT2D eigenvalue weighted by Crippen LogP contribution is 2.23. The normalized spacial score (nSPS) is 11.1. The zero-order chi connectivity index (χ0) is 14.8. The van der Waals surface area contributed by atoms with Crippen LogP contribution in [-0.2, 0) is 10.0 Å². The Labute approximate surface area is 118 Å². The van der Waals surface area contributed by atoms with Crippen LogP contribution in [0.5, 0.6) is 5.75 Å². The number of hydrogen-bond donors (Lipinski definition) is 2. The van der Waals surface area contributed by atoms with Crippen LogP contribution in [-0.4, -0.2) is 15.5 Å². The van der Waals surface area contributed by atoms with Crippen LogP contribution in [0.4, 0.5) is 11.4 Å². The zero-order valence-electron chi connectivity index (χ0n) is 11.3. The minimum atomic E-state index is -3.70. The van der Waals surface area contributed by atoms with Gasteiger partial charge in [-0.2, -0.15) is 0 Å². The molecule has 0 aliphatic heterocycles. The predicted octanol–water partition coefficient (Wildman–Crippen LogP) is 2.39. The number of ether oxygens (including phenoxy) is 1. The molecule has 0 unspecified atom stereocenters. The molecule has 0 aliphatic carbocycles. The first-order chi connectivity index (χ1) is 9.42. The molecule has 0 bridgehead atoms. The van der Waals surface area contributed by atoms with E-state index in [1.807, 2.05) is 6.92 Å². The molecule has 0 aromatic heterocycles. The Morgan fingerprint density at radius 3 is 2.30 bits per heavy atom. The molecular weight excluding hydrogens is 276 g/mol. The molecule has 0 radical (unpaired) electrons. The molecule has 0 saturated heterocycles. The highest BCUT2D eigenvalue weighted by atomic mass is 32.2. The standard InChI is InChI=1S/C14H16N2O3S/c1-10-3-8-14(13(15)9-10)20(17,18)16-11-4-6-12(19-2)7-5-11/h3-9,16H,15H2,1-2H3. The van der Waals surface area contributed by atoms with Crippen molar-refractivity contribution in [1.82, 2.24) is 0 Å². The maximum absolute atomic E-state index is 12.3. The van der Waals surface area contributed by atoms with Gasteiger partial charge in [0.2, 0.25) is 0 Å². The molecule has 0 heterocycles. The Kier molecular flexibility index (Phi) is 3.85. The van der Waals surface area contributed by atoms with Gasteiger partial charge >= 0.3 is 0 Å². The summed E-state index contributed by atoms with van der Waals surface area (Å²) in [5.41, 5.74) is 7.35. The average Bonchev–Trinajstić information content (AvgIpc) is 2.38. The van der Waals surface area contributed by atoms with Crippen LogP contribution in [0, 0.1) is 6.92 Å². The number of rotatable bonds is 4. The lowest BCUT2D eigenvalue weighted by Crippen LogP contribution is -2.14. The SMILES string of the molecule is COc1ccc(NS(=O)(=O)c2ccc(C)cc2N)cc1. The zero-order valence-corrected chi connectivity index (χ0v) is 12.1. The van der Waals surface area contributed by atoms with E-state index in [1.165, 1.54) is 6.07 Å². The Hall–Kier alpha value is -2.21. The van der Waals surface area contributed by atoms with Gasteiger partial charge in [-0.1, -0.05) is 6.07 Å². The van der Waals surface area contributed by atoms with E-state index in [9.17, 15) is 8.42 Å². The third kappa shape index (κ3) is 3.03. The third-order valence-electron chi connectivity index (χ3n) is 2.80. The summed E-state index contributed by atoms with van der Waals surface area (Å²) in [5, 5.41) is 0. The van der Waals surface area contributed by atoms with E-state index in [2.05, 4.69) is 4.72 Å². The van der Waals surface area contributed by atoms with Crippen LogP contribution < -0.4 is 15.2 Å². The van der Waals surface area contributed by atoms with Crippen molar-refractivity contribution in [2.75, 3.05) is 17.6 Å². The minimum absolute atomic E-state index is 0.0684. The van der Waals surface area contributed by atoms with Gasteiger partial charge in [0.25, 0.3) is 10.0 Å². The van der Waals surface area contributed by atoms with Crippen LogP contribution >= 0.6 is 0 Å². The number of nitrogens with one attached hydrogen (secondary N) is 1. The largest absolute Gasteiger partial charge is 0.497 e. The summed E-state index contributed by atoms with van der Waals surface area (Å²) in [6.07, 6.45) is 0. The lowest BCUT2D eigenvalue weighted by molar-refractivity contribution is 0.415. The number of hydrogen-bond acceptors (Lipinski definition) is 4. The van der Waals surface area contributed by atoms with Gasteiger partial charge in [-0.15, -0.1) is 0 Å². The van der Waals surface area contributed by atoms with Gasteiger partial charge in [-0.3, -0.25) is 4.72 Å². The molecule has 6 heteroatoms. The molecule has 106 valence electrons. The second kappa shape index (κ2) is 5.42. The van der Waals surface area contributed by atoms with Crippen molar-refractivity contribution in [1.29, 1.82) is 0 Å². The fourth-order valence-electron chi connectivity index (χ4n) is 1.78. The smallest absolute Gasteiger partial charge is 0.263 e. The van der Waals surface area contributed by atoms with Gasteiger partial charge < -0.3 is 10.5 Å². The molecule has 2 aromatic carbocycles. The Morgan fingerprint density at radius 2 is 1.75 bits per heavy atom. The number of methoxy groups -OCH3 is 1. The predicted molar refractivity (Wildman–Crippen MR) is 79.4 cm³/mol. The molecule has 2 rings (SSSR count). The first-order valence-electron chi connectivity index (χ1n) is 5.95. The lowest BCUT2D eigenvalue weighted by Gasteiger charge is -2.11. The monoisotopic (exact) mass is 292 g/mol. The van der Waals surface area contributed by atoms with Crippen molar-refractivity contribution in [3.05, 3.63) is 48.0 Å². The van der Waals surface area contributed by atoms with E-state index in [4.69, 9.17) is 10.5 Å². The Balaban J connectivity index is 2.30. The third-order valence-corrected chi connectivity index (χ3v) is 4.25. The summed E-state index contributed by atoms with van der Waals surface area (Å²) >= 11 is 0. The first kappa shape index (κ1) is 14.2. The molecule has 5 nitrogen and oxygen atoms in total. The molecule has 20 heavy (non-hydrogen) atoms. The molecule has 2 aromatic rings.